The number of carbonyl (C=O) groups excluding carboxylic acids is 2. The van der Waals surface area contributed by atoms with Crippen molar-refractivity contribution >= 4 is 29.1 Å². The first-order valence-corrected chi connectivity index (χ1v) is 9.70. The van der Waals surface area contributed by atoms with E-state index < -0.39 is 5.91 Å². The molecule has 142 valence electrons. The predicted molar refractivity (Wildman–Crippen MR) is 105 cm³/mol. The lowest BCUT2D eigenvalue weighted by Gasteiger charge is -2.21. The van der Waals surface area contributed by atoms with Crippen molar-refractivity contribution < 1.29 is 9.59 Å². The van der Waals surface area contributed by atoms with Gasteiger partial charge in [-0.3, -0.25) is 9.59 Å². The van der Waals surface area contributed by atoms with E-state index in [0.29, 0.717) is 10.7 Å². The van der Waals surface area contributed by atoms with Crippen molar-refractivity contribution in [1.29, 1.82) is 0 Å². The van der Waals surface area contributed by atoms with Crippen molar-refractivity contribution in [2.75, 3.05) is 5.32 Å². The third-order valence-corrected chi connectivity index (χ3v) is 4.92. The SMILES string of the molecule is O=C(Nc1ccc(Cl)cc1)c1nccnc1C(=O)NC1CCCCCCC1. The number of benzene rings is 1. The number of aromatic nitrogens is 2. The number of halogens is 1. The van der Waals surface area contributed by atoms with Crippen LogP contribution in [0.3, 0.4) is 0 Å². The zero-order chi connectivity index (χ0) is 19.1. The molecule has 1 heterocycles. The quantitative estimate of drug-likeness (QED) is 0.823. The summed E-state index contributed by atoms with van der Waals surface area (Å²) in [6.45, 7) is 0. The van der Waals surface area contributed by atoms with Gasteiger partial charge in [0.15, 0.2) is 11.4 Å². The fourth-order valence-electron chi connectivity index (χ4n) is 3.25. The molecule has 2 N–H and O–H groups in total. The van der Waals surface area contributed by atoms with Crippen molar-refractivity contribution in [2.24, 2.45) is 0 Å². The highest BCUT2D eigenvalue weighted by Gasteiger charge is 2.22. The van der Waals surface area contributed by atoms with Crippen molar-refractivity contribution in [3.8, 4) is 0 Å². The highest BCUT2D eigenvalue weighted by Crippen LogP contribution is 2.18. The summed E-state index contributed by atoms with van der Waals surface area (Å²) in [6.07, 6.45) is 10.6. The number of amides is 2. The molecule has 0 radical (unpaired) electrons. The Morgan fingerprint density at radius 1 is 0.852 bits per heavy atom. The van der Waals surface area contributed by atoms with Gasteiger partial charge in [0.2, 0.25) is 0 Å². The molecular weight excluding hydrogens is 364 g/mol. The molecule has 1 aliphatic rings. The molecule has 0 spiro atoms. The van der Waals surface area contributed by atoms with Crippen molar-refractivity contribution in [3.63, 3.8) is 0 Å². The van der Waals surface area contributed by atoms with Crippen LogP contribution in [0.1, 0.15) is 65.9 Å². The fourth-order valence-corrected chi connectivity index (χ4v) is 3.37. The lowest BCUT2D eigenvalue weighted by Crippen LogP contribution is -2.37. The van der Waals surface area contributed by atoms with Crippen LogP contribution in [0.4, 0.5) is 5.69 Å². The van der Waals surface area contributed by atoms with E-state index in [1.165, 1.54) is 31.7 Å². The van der Waals surface area contributed by atoms with Crippen LogP contribution in [0.2, 0.25) is 5.02 Å². The first kappa shape index (κ1) is 19.3. The van der Waals surface area contributed by atoms with Gasteiger partial charge in [0.25, 0.3) is 11.8 Å². The number of hydrogen-bond donors (Lipinski definition) is 2. The molecule has 1 saturated carbocycles. The maximum atomic E-state index is 12.7. The Bertz CT molecular complexity index is 787. The molecule has 7 heteroatoms. The van der Waals surface area contributed by atoms with Gasteiger partial charge in [-0.05, 0) is 37.1 Å². The Labute approximate surface area is 163 Å². The second-order valence-electron chi connectivity index (χ2n) is 6.73. The van der Waals surface area contributed by atoms with Gasteiger partial charge in [-0.2, -0.15) is 0 Å². The number of rotatable bonds is 4. The van der Waals surface area contributed by atoms with Crippen LogP contribution in [0.25, 0.3) is 0 Å². The molecule has 0 saturated heterocycles. The predicted octanol–water partition coefficient (Wildman–Crippen LogP) is 4.23. The summed E-state index contributed by atoms with van der Waals surface area (Å²) in [5, 5.41) is 6.33. The number of nitrogens with zero attached hydrogens (tertiary/aromatic N) is 2. The summed E-state index contributed by atoms with van der Waals surface area (Å²) in [6, 6.07) is 6.84. The van der Waals surface area contributed by atoms with E-state index in [1.54, 1.807) is 24.3 Å². The van der Waals surface area contributed by atoms with Crippen LogP contribution in [0.5, 0.6) is 0 Å². The van der Waals surface area contributed by atoms with Gasteiger partial charge in [0.05, 0.1) is 0 Å². The summed E-state index contributed by atoms with van der Waals surface area (Å²) in [7, 11) is 0. The summed E-state index contributed by atoms with van der Waals surface area (Å²) in [5.74, 6) is -0.830. The lowest BCUT2D eigenvalue weighted by atomic mass is 9.96. The van der Waals surface area contributed by atoms with Crippen LogP contribution in [-0.2, 0) is 0 Å². The zero-order valence-corrected chi connectivity index (χ0v) is 15.8. The molecule has 1 aromatic carbocycles. The maximum Gasteiger partial charge on any atom is 0.276 e. The molecule has 27 heavy (non-hydrogen) atoms. The molecule has 0 unspecified atom stereocenters. The summed E-state index contributed by atoms with van der Waals surface area (Å²) >= 11 is 5.86. The Balaban J connectivity index is 1.71. The first-order chi connectivity index (χ1) is 13.1. The minimum atomic E-state index is -0.478. The number of hydrogen-bond acceptors (Lipinski definition) is 4. The fraction of sp³-hybridized carbons (Fsp3) is 0.400. The molecule has 2 aromatic rings. The van der Waals surface area contributed by atoms with Crippen molar-refractivity contribution in [2.45, 2.75) is 51.0 Å². The van der Waals surface area contributed by atoms with Gasteiger partial charge in [-0.1, -0.05) is 43.7 Å². The van der Waals surface area contributed by atoms with Gasteiger partial charge < -0.3 is 10.6 Å². The van der Waals surface area contributed by atoms with Crippen LogP contribution < -0.4 is 10.6 Å². The highest BCUT2D eigenvalue weighted by atomic mass is 35.5. The second-order valence-corrected chi connectivity index (χ2v) is 7.17. The topological polar surface area (TPSA) is 84.0 Å². The van der Waals surface area contributed by atoms with Gasteiger partial charge in [-0.25, -0.2) is 9.97 Å². The number of anilines is 1. The molecule has 1 aliphatic carbocycles. The Morgan fingerprint density at radius 3 is 2.04 bits per heavy atom. The van der Waals surface area contributed by atoms with E-state index in [4.69, 9.17) is 11.6 Å². The van der Waals surface area contributed by atoms with E-state index in [1.807, 2.05) is 0 Å². The maximum absolute atomic E-state index is 12.7. The van der Waals surface area contributed by atoms with Crippen LogP contribution in [-0.4, -0.2) is 27.8 Å². The molecule has 0 bridgehead atoms. The molecular formula is C20H23ClN4O2. The van der Waals surface area contributed by atoms with E-state index in [2.05, 4.69) is 20.6 Å². The first-order valence-electron chi connectivity index (χ1n) is 9.32. The van der Waals surface area contributed by atoms with Crippen LogP contribution >= 0.6 is 11.6 Å². The van der Waals surface area contributed by atoms with E-state index in [9.17, 15) is 9.59 Å². The van der Waals surface area contributed by atoms with Gasteiger partial charge in [-0.15, -0.1) is 0 Å². The number of nitrogens with one attached hydrogen (secondary N) is 2. The Morgan fingerprint density at radius 2 is 1.41 bits per heavy atom. The van der Waals surface area contributed by atoms with Crippen molar-refractivity contribution in [1.82, 2.24) is 15.3 Å². The summed E-state index contributed by atoms with van der Waals surface area (Å²) < 4.78 is 0. The van der Waals surface area contributed by atoms with Crippen LogP contribution in [0.15, 0.2) is 36.7 Å². The third kappa shape index (κ3) is 5.50. The highest BCUT2D eigenvalue weighted by molar-refractivity contribution is 6.30. The standard InChI is InChI=1S/C20H23ClN4O2/c21-14-8-10-16(11-9-14)25-20(27)18-17(22-12-13-23-18)19(26)24-15-6-4-2-1-3-5-7-15/h8-13,15H,1-7H2,(H,24,26)(H,25,27). The van der Waals surface area contributed by atoms with Crippen LogP contribution in [0, 0.1) is 0 Å². The number of carbonyl (C=O) groups is 2. The molecule has 0 aliphatic heterocycles. The smallest absolute Gasteiger partial charge is 0.276 e. The molecule has 0 atom stereocenters. The second kappa shape index (κ2) is 9.46. The molecule has 6 nitrogen and oxygen atoms in total. The molecule has 1 aromatic heterocycles. The zero-order valence-electron chi connectivity index (χ0n) is 15.1. The van der Waals surface area contributed by atoms with E-state index in [0.717, 1.165) is 25.7 Å². The summed E-state index contributed by atoms with van der Waals surface area (Å²) in [4.78, 5) is 33.5. The van der Waals surface area contributed by atoms with E-state index in [-0.39, 0.29) is 23.3 Å². The minimum absolute atomic E-state index is 0.00999. The molecule has 3 rings (SSSR count). The summed E-state index contributed by atoms with van der Waals surface area (Å²) in [5.41, 5.74) is 0.628. The van der Waals surface area contributed by atoms with Gasteiger partial charge in [0.1, 0.15) is 0 Å². The van der Waals surface area contributed by atoms with Crippen molar-refractivity contribution in [3.05, 3.63) is 53.1 Å². The largest absolute Gasteiger partial charge is 0.348 e. The minimum Gasteiger partial charge on any atom is -0.348 e. The van der Waals surface area contributed by atoms with Gasteiger partial charge >= 0.3 is 0 Å². The molecule has 2 amide bonds. The Kier molecular flexibility index (Phi) is 6.76. The lowest BCUT2D eigenvalue weighted by molar-refractivity contribution is 0.0912. The molecule has 1 fully saturated rings. The Hall–Kier alpha value is -2.47. The normalized spacial score (nSPS) is 15.4. The average molecular weight is 387 g/mol. The third-order valence-electron chi connectivity index (χ3n) is 4.67. The average Bonchev–Trinajstić information content (AvgIpc) is 2.65. The van der Waals surface area contributed by atoms with E-state index >= 15 is 0 Å². The monoisotopic (exact) mass is 386 g/mol. The van der Waals surface area contributed by atoms with Gasteiger partial charge in [0, 0.05) is 29.1 Å².